The van der Waals surface area contributed by atoms with Gasteiger partial charge in [0.1, 0.15) is 0 Å². The van der Waals surface area contributed by atoms with Gasteiger partial charge in [0.05, 0.1) is 0 Å². The molecule has 1 heteroatoms. The Kier molecular flexibility index (Phi) is 3.72. The van der Waals surface area contributed by atoms with Crippen molar-refractivity contribution in [2.24, 2.45) is 0 Å². The van der Waals surface area contributed by atoms with E-state index >= 15 is 0 Å². The van der Waals surface area contributed by atoms with Crippen LogP contribution in [-0.4, -0.2) is 0 Å². The van der Waals surface area contributed by atoms with Crippen molar-refractivity contribution in [3.8, 4) is 0 Å². The molecule has 0 spiro atoms. The minimum Gasteiger partial charge on any atom is -0.0622 e. The summed E-state index contributed by atoms with van der Waals surface area (Å²) in [6.07, 6.45) is 0. The second-order valence-electron chi connectivity index (χ2n) is 4.34. The summed E-state index contributed by atoms with van der Waals surface area (Å²) in [5.41, 5.74) is 0. The molecule has 0 nitrogen and oxygen atoms in total. The maximum atomic E-state index is 2.23. The smallest absolute Gasteiger partial charge is 0.0134 e. The van der Waals surface area contributed by atoms with Crippen LogP contribution in [0.2, 0.25) is 0 Å². The lowest BCUT2D eigenvalue weighted by Gasteiger charge is -2.18. The monoisotopic (exact) mass is 233 g/mol. The van der Waals surface area contributed by atoms with Crippen LogP contribution in [0, 0.1) is 0 Å². The van der Waals surface area contributed by atoms with Gasteiger partial charge in [0.15, 0.2) is 0 Å². The molecule has 0 aliphatic carbocycles. The minimum atomic E-state index is -0.446. The largest absolute Gasteiger partial charge is 0.0622 e. The van der Waals surface area contributed by atoms with Gasteiger partial charge in [-0.2, -0.15) is 0 Å². The molecule has 0 fully saturated rings. The average Bonchev–Trinajstić information content (AvgIpc) is 2.51. The van der Waals surface area contributed by atoms with Gasteiger partial charge in [-0.1, -0.05) is 91.0 Å². The van der Waals surface area contributed by atoms with Gasteiger partial charge in [0.25, 0.3) is 0 Å². The Morgan fingerprint density at radius 1 is 0.368 bits per heavy atom. The third kappa shape index (κ3) is 2.75. The molecule has 0 atom stereocenters. The lowest BCUT2D eigenvalue weighted by Crippen LogP contribution is -2.20. The first kappa shape index (κ1) is 12.1. The summed E-state index contributed by atoms with van der Waals surface area (Å²) in [7, 11) is -0.446. The van der Waals surface area contributed by atoms with Crippen molar-refractivity contribution in [2.45, 2.75) is 0 Å². The summed E-state index contributed by atoms with van der Waals surface area (Å²) in [4.78, 5) is 0. The van der Waals surface area contributed by atoms with Crippen LogP contribution in [0.5, 0.6) is 0 Å². The molecular weight excluding hydrogens is 218 g/mol. The molecule has 0 unspecified atom stereocenters. The summed E-state index contributed by atoms with van der Waals surface area (Å²) in [5.74, 6) is 0. The average molecular weight is 233 g/mol. The second-order valence-corrected chi connectivity index (χ2v) is 6.56. The van der Waals surface area contributed by atoms with E-state index in [1.807, 2.05) is 0 Å². The molecule has 19 heavy (non-hydrogen) atoms. The SMILES string of the molecule is c1ccc([2P](c2ccccc2)c2ccccc2)cc1. The van der Waals surface area contributed by atoms with Gasteiger partial charge >= 0.3 is 0 Å². The summed E-state index contributed by atoms with van der Waals surface area (Å²) in [6.45, 7) is 0. The van der Waals surface area contributed by atoms with E-state index in [9.17, 15) is 0 Å². The molecule has 0 radical (unpaired) electrons. The number of hydrogen-bond donors (Lipinski definition) is 0. The Bertz CT molecular complexity index is 524. The van der Waals surface area contributed by atoms with Crippen molar-refractivity contribution in [1.82, 2.24) is 0 Å². The predicted molar refractivity (Wildman–Crippen MR) is 85.1 cm³/mol. The molecule has 3 aromatic rings. The Balaban J connectivity index is 2.12. The van der Waals surface area contributed by atoms with Crippen LogP contribution in [0.15, 0.2) is 91.0 Å². The number of rotatable bonds is 3. The zero-order valence-corrected chi connectivity index (χ0v) is 11.5. The third-order valence-corrected chi connectivity index (χ3v) is 5.49. The fourth-order valence-corrected chi connectivity index (χ4v) is 4.48. The maximum absolute atomic E-state index is 2.23. The number of benzene rings is 3. The molecule has 3 rings (SSSR count). The molecule has 92 valence electrons. The lowest BCUT2D eigenvalue weighted by molar-refractivity contribution is 1.74. The van der Waals surface area contributed by atoms with E-state index in [-0.39, 0.29) is 0 Å². The summed E-state index contributed by atoms with van der Waals surface area (Å²) < 4.78 is 0. The molecule has 0 N–H and O–H groups in total. The van der Waals surface area contributed by atoms with E-state index in [1.54, 1.807) is 0 Å². The summed E-state index contributed by atoms with van der Waals surface area (Å²) >= 11 is 0. The van der Waals surface area contributed by atoms with Crippen molar-refractivity contribution in [2.75, 3.05) is 0 Å². The van der Waals surface area contributed by atoms with Crippen molar-refractivity contribution in [1.29, 1.82) is 0 Å². The van der Waals surface area contributed by atoms with Crippen LogP contribution >= 0.6 is 7.92 Å². The Hall–Kier alpha value is -1.91. The van der Waals surface area contributed by atoms with Crippen molar-refractivity contribution >= 4 is 23.8 Å². The lowest BCUT2D eigenvalue weighted by atomic mass is 1.71. The van der Waals surface area contributed by atoms with Crippen molar-refractivity contribution in [3.05, 3.63) is 91.0 Å². The molecule has 0 saturated heterocycles. The molecule has 0 heterocycles. The van der Waals surface area contributed by atoms with Gasteiger partial charge in [-0.3, -0.25) is 0 Å². The van der Waals surface area contributed by atoms with E-state index in [2.05, 4.69) is 91.0 Å². The fraction of sp³-hybridized carbons (Fsp3) is 0. The first-order valence-corrected chi connectivity index (χ1v) is 7.74. The standard InChI is InChI=1S/C18H15P/c1-4-10-16(11-5-1)19(17-12-6-2-7-13-17)18-14-8-3-9-15-18/h1-15H/i19-29. The summed E-state index contributed by atoms with van der Waals surface area (Å²) in [5, 5.41) is 4.19. The zero-order valence-electron chi connectivity index (χ0n) is 10.6. The number of hydrogen-bond acceptors (Lipinski definition) is 0. The van der Waals surface area contributed by atoms with Crippen LogP contribution in [-0.2, 0) is 0 Å². The molecule has 3 aromatic carbocycles. The summed E-state index contributed by atoms with van der Waals surface area (Å²) in [6, 6.07) is 32.3. The van der Waals surface area contributed by atoms with Gasteiger partial charge in [-0.15, -0.1) is 0 Å². The Morgan fingerprint density at radius 3 is 0.895 bits per heavy atom. The minimum absolute atomic E-state index is 0.446. The van der Waals surface area contributed by atoms with Gasteiger partial charge in [0.2, 0.25) is 0 Å². The van der Waals surface area contributed by atoms with E-state index in [4.69, 9.17) is 0 Å². The highest BCUT2D eigenvalue weighted by Gasteiger charge is 2.14. The highest BCUT2D eigenvalue weighted by molar-refractivity contribution is 7.79. The van der Waals surface area contributed by atoms with Crippen LogP contribution < -0.4 is 15.9 Å². The predicted octanol–water partition coefficient (Wildman–Crippen LogP) is 3.44. The Morgan fingerprint density at radius 2 is 0.632 bits per heavy atom. The molecule has 0 aliphatic rings. The highest BCUT2D eigenvalue weighted by atomic mass is 13.7. The van der Waals surface area contributed by atoms with Crippen molar-refractivity contribution < 1.29 is 0 Å². The van der Waals surface area contributed by atoms with Gasteiger partial charge in [-0.25, -0.2) is 0 Å². The first-order chi connectivity index (χ1) is 9.45. The van der Waals surface area contributed by atoms with E-state index in [0.29, 0.717) is 0 Å². The highest BCUT2D eigenvalue weighted by Crippen LogP contribution is 2.32. The topological polar surface area (TPSA) is 0 Å². The van der Waals surface area contributed by atoms with Gasteiger partial charge in [0, 0.05) is 0 Å². The molecule has 0 bridgehead atoms. The Labute approximate surface area is 115 Å². The second kappa shape index (κ2) is 5.82. The quantitative estimate of drug-likeness (QED) is 0.608. The van der Waals surface area contributed by atoms with Crippen LogP contribution in [0.3, 0.4) is 0 Å². The maximum Gasteiger partial charge on any atom is -0.0134 e. The van der Waals surface area contributed by atoms with Gasteiger partial charge in [-0.05, 0) is 23.8 Å². The zero-order chi connectivity index (χ0) is 12.9. The third-order valence-electron chi connectivity index (χ3n) is 3.04. The molecule has 0 aliphatic heterocycles. The van der Waals surface area contributed by atoms with Crippen LogP contribution in [0.25, 0.3) is 0 Å². The van der Waals surface area contributed by atoms with E-state index < -0.39 is 7.92 Å². The van der Waals surface area contributed by atoms with Crippen LogP contribution in [0.1, 0.15) is 0 Å². The first-order valence-electron chi connectivity index (χ1n) is 6.40. The fourth-order valence-electron chi connectivity index (χ4n) is 2.18. The van der Waals surface area contributed by atoms with E-state index in [1.165, 1.54) is 15.9 Å². The van der Waals surface area contributed by atoms with Gasteiger partial charge < -0.3 is 0 Å². The molecular formula is C18H15P. The van der Waals surface area contributed by atoms with Crippen molar-refractivity contribution in [3.63, 3.8) is 0 Å². The van der Waals surface area contributed by atoms with Crippen LogP contribution in [0.4, 0.5) is 0 Å². The molecule has 0 aromatic heterocycles. The van der Waals surface area contributed by atoms with E-state index in [0.717, 1.165) is 0 Å². The molecule has 0 amide bonds. The molecule has 0 saturated carbocycles. The normalized spacial score (nSPS) is 10.6.